The quantitative estimate of drug-likeness (QED) is 0.566. The van der Waals surface area contributed by atoms with Gasteiger partial charge in [0.05, 0.1) is 17.2 Å². The van der Waals surface area contributed by atoms with Crippen LogP contribution in [-0.4, -0.2) is 17.7 Å². The lowest BCUT2D eigenvalue weighted by Gasteiger charge is -2.28. The van der Waals surface area contributed by atoms with Crippen LogP contribution in [0.25, 0.3) is 11.3 Å². The second-order valence-corrected chi connectivity index (χ2v) is 6.87. The summed E-state index contributed by atoms with van der Waals surface area (Å²) in [6, 6.07) is 8.17. The minimum atomic E-state index is -0.553. The first-order chi connectivity index (χ1) is 12.4. The zero-order valence-corrected chi connectivity index (χ0v) is 16.4. The Morgan fingerprint density at radius 2 is 2.08 bits per heavy atom. The first kappa shape index (κ1) is 18.8. The van der Waals surface area contributed by atoms with Gasteiger partial charge in [-0.15, -0.1) is 0 Å². The summed E-state index contributed by atoms with van der Waals surface area (Å²) < 4.78 is 11.1. The molecule has 0 amide bonds. The molecule has 3 rings (SSSR count). The molecule has 1 aromatic carbocycles. The van der Waals surface area contributed by atoms with E-state index in [9.17, 15) is 4.79 Å². The van der Waals surface area contributed by atoms with Crippen molar-refractivity contribution >= 4 is 46.5 Å². The number of furan rings is 1. The molecule has 0 radical (unpaired) electrons. The van der Waals surface area contributed by atoms with E-state index < -0.39 is 12.0 Å². The molecule has 1 atom stereocenters. The van der Waals surface area contributed by atoms with Crippen molar-refractivity contribution in [3.8, 4) is 11.3 Å². The lowest BCUT2D eigenvalue weighted by molar-refractivity contribution is -0.139. The van der Waals surface area contributed by atoms with Gasteiger partial charge in [-0.25, -0.2) is 4.79 Å². The van der Waals surface area contributed by atoms with Crippen LogP contribution >= 0.6 is 35.4 Å². The van der Waals surface area contributed by atoms with Gasteiger partial charge in [-0.1, -0.05) is 23.2 Å². The second-order valence-electron chi connectivity index (χ2n) is 5.62. The standard InChI is InChI=1S/C18H16Cl2N2O3S/c1-3-24-17(23)15-9(2)21-18(26)22-16(15)14-7-6-13(25-14)11-5-4-10(19)8-12(11)20/h4-8,16H,3H2,1-2H3,(H2,21,22,26). The molecule has 1 aliphatic rings. The fourth-order valence-electron chi connectivity index (χ4n) is 2.73. The number of hydrogen-bond donors (Lipinski definition) is 2. The maximum atomic E-state index is 12.4. The largest absolute Gasteiger partial charge is 0.463 e. The van der Waals surface area contributed by atoms with Crippen molar-refractivity contribution in [2.45, 2.75) is 19.9 Å². The summed E-state index contributed by atoms with van der Waals surface area (Å²) in [5.41, 5.74) is 1.75. The first-order valence-corrected chi connectivity index (χ1v) is 9.07. The van der Waals surface area contributed by atoms with E-state index in [1.54, 1.807) is 44.2 Å². The monoisotopic (exact) mass is 410 g/mol. The molecular weight excluding hydrogens is 395 g/mol. The number of esters is 1. The lowest BCUT2D eigenvalue weighted by Crippen LogP contribution is -2.45. The molecule has 8 heteroatoms. The van der Waals surface area contributed by atoms with E-state index in [4.69, 9.17) is 44.6 Å². The topological polar surface area (TPSA) is 63.5 Å². The number of halogens is 2. The smallest absolute Gasteiger partial charge is 0.338 e. The summed E-state index contributed by atoms with van der Waals surface area (Å²) in [5.74, 6) is 0.658. The molecule has 2 aromatic rings. The number of benzene rings is 1. The van der Waals surface area contributed by atoms with Gasteiger partial charge in [0.15, 0.2) is 5.11 Å². The van der Waals surface area contributed by atoms with Gasteiger partial charge in [-0.3, -0.25) is 0 Å². The highest BCUT2D eigenvalue weighted by atomic mass is 35.5. The van der Waals surface area contributed by atoms with Gasteiger partial charge in [0, 0.05) is 16.3 Å². The highest BCUT2D eigenvalue weighted by Gasteiger charge is 2.33. The molecule has 0 saturated carbocycles. The minimum Gasteiger partial charge on any atom is -0.463 e. The van der Waals surface area contributed by atoms with Crippen LogP contribution < -0.4 is 10.6 Å². The maximum Gasteiger partial charge on any atom is 0.338 e. The van der Waals surface area contributed by atoms with E-state index in [2.05, 4.69) is 10.6 Å². The fraction of sp³-hybridized carbons (Fsp3) is 0.222. The van der Waals surface area contributed by atoms with Gasteiger partial charge in [-0.05, 0) is 56.4 Å². The third kappa shape index (κ3) is 3.72. The second kappa shape index (κ2) is 7.70. The third-order valence-electron chi connectivity index (χ3n) is 3.87. The number of thiocarbonyl (C=S) groups is 1. The molecule has 1 unspecified atom stereocenters. The Morgan fingerprint density at radius 3 is 2.77 bits per heavy atom. The highest BCUT2D eigenvalue weighted by molar-refractivity contribution is 7.80. The first-order valence-electron chi connectivity index (χ1n) is 7.91. The van der Waals surface area contributed by atoms with Gasteiger partial charge in [0.2, 0.25) is 0 Å². The summed E-state index contributed by atoms with van der Waals surface area (Å²) >= 11 is 17.4. The van der Waals surface area contributed by atoms with Gasteiger partial charge in [0.25, 0.3) is 0 Å². The fourth-order valence-corrected chi connectivity index (χ4v) is 3.50. The number of ether oxygens (including phenoxy) is 1. The molecule has 2 heterocycles. The SMILES string of the molecule is CCOC(=O)C1=C(C)NC(=S)NC1c1ccc(-c2ccc(Cl)cc2Cl)o1. The molecule has 0 fully saturated rings. The molecule has 0 spiro atoms. The lowest BCUT2D eigenvalue weighted by atomic mass is 10.0. The predicted molar refractivity (Wildman–Crippen MR) is 105 cm³/mol. The average Bonchev–Trinajstić information content (AvgIpc) is 3.03. The molecule has 2 N–H and O–H groups in total. The molecule has 1 aliphatic heterocycles. The summed E-state index contributed by atoms with van der Waals surface area (Å²) in [7, 11) is 0. The number of carbonyl (C=O) groups excluding carboxylic acids is 1. The van der Waals surface area contributed by atoms with Crippen LogP contribution in [0.5, 0.6) is 0 Å². The van der Waals surface area contributed by atoms with E-state index in [0.29, 0.717) is 43.5 Å². The van der Waals surface area contributed by atoms with Gasteiger partial charge in [0.1, 0.15) is 17.6 Å². The molecule has 5 nitrogen and oxygen atoms in total. The molecule has 0 saturated heterocycles. The summed E-state index contributed by atoms with van der Waals surface area (Å²) in [6.07, 6.45) is 0. The molecule has 26 heavy (non-hydrogen) atoms. The van der Waals surface area contributed by atoms with Gasteiger partial charge < -0.3 is 19.8 Å². The van der Waals surface area contributed by atoms with Crippen molar-refractivity contribution in [3.05, 3.63) is 57.4 Å². The van der Waals surface area contributed by atoms with Crippen LogP contribution in [0.1, 0.15) is 25.6 Å². The van der Waals surface area contributed by atoms with E-state index in [1.807, 2.05) is 0 Å². The average molecular weight is 411 g/mol. The molecule has 136 valence electrons. The van der Waals surface area contributed by atoms with E-state index in [1.165, 1.54) is 0 Å². The molecule has 0 aliphatic carbocycles. The Kier molecular flexibility index (Phi) is 5.55. The Balaban J connectivity index is 1.99. The van der Waals surface area contributed by atoms with Crippen LogP contribution in [0.2, 0.25) is 10.0 Å². The van der Waals surface area contributed by atoms with Gasteiger partial charge in [-0.2, -0.15) is 0 Å². The Labute approximate surface area is 166 Å². The van der Waals surface area contributed by atoms with Crippen molar-refractivity contribution in [3.63, 3.8) is 0 Å². The number of carbonyl (C=O) groups is 1. The van der Waals surface area contributed by atoms with Crippen LogP contribution in [0, 0.1) is 0 Å². The van der Waals surface area contributed by atoms with Crippen LogP contribution in [-0.2, 0) is 9.53 Å². The number of rotatable bonds is 4. The van der Waals surface area contributed by atoms with E-state index in [-0.39, 0.29) is 6.61 Å². The summed E-state index contributed by atoms with van der Waals surface area (Å²) in [6.45, 7) is 3.80. The highest BCUT2D eigenvalue weighted by Crippen LogP contribution is 2.35. The molecule has 1 aromatic heterocycles. The third-order valence-corrected chi connectivity index (χ3v) is 4.64. The maximum absolute atomic E-state index is 12.4. The normalized spacial score (nSPS) is 16.9. The predicted octanol–water partition coefficient (Wildman–Crippen LogP) is 4.61. The molecular formula is C18H16Cl2N2O3S. The van der Waals surface area contributed by atoms with Crippen molar-refractivity contribution in [1.82, 2.24) is 10.6 Å². The number of allylic oxidation sites excluding steroid dienone is 1. The van der Waals surface area contributed by atoms with Crippen LogP contribution in [0.3, 0.4) is 0 Å². The van der Waals surface area contributed by atoms with Crippen molar-refractivity contribution in [2.75, 3.05) is 6.61 Å². The van der Waals surface area contributed by atoms with Crippen LogP contribution in [0.4, 0.5) is 0 Å². The zero-order chi connectivity index (χ0) is 18.8. The Morgan fingerprint density at radius 1 is 1.31 bits per heavy atom. The minimum absolute atomic E-state index is 0.274. The summed E-state index contributed by atoms with van der Waals surface area (Å²) in [4.78, 5) is 12.4. The number of nitrogens with one attached hydrogen (secondary N) is 2. The molecule has 0 bridgehead atoms. The zero-order valence-electron chi connectivity index (χ0n) is 14.1. The van der Waals surface area contributed by atoms with Crippen molar-refractivity contribution in [1.29, 1.82) is 0 Å². The van der Waals surface area contributed by atoms with Crippen LogP contribution in [0.15, 0.2) is 46.0 Å². The Bertz CT molecular complexity index is 908. The summed E-state index contributed by atoms with van der Waals surface area (Å²) in [5, 5.41) is 7.42. The van der Waals surface area contributed by atoms with E-state index in [0.717, 1.165) is 0 Å². The van der Waals surface area contributed by atoms with E-state index >= 15 is 0 Å². The van der Waals surface area contributed by atoms with Crippen molar-refractivity contribution < 1.29 is 13.9 Å². The number of hydrogen-bond acceptors (Lipinski definition) is 4. The Hall–Kier alpha value is -2.02. The van der Waals surface area contributed by atoms with Gasteiger partial charge >= 0.3 is 5.97 Å². The van der Waals surface area contributed by atoms with Crippen molar-refractivity contribution in [2.24, 2.45) is 0 Å².